The van der Waals surface area contributed by atoms with Crippen LogP contribution < -0.4 is 24.3 Å². The summed E-state index contributed by atoms with van der Waals surface area (Å²) < 4.78 is 21.5. The van der Waals surface area contributed by atoms with Gasteiger partial charge in [-0.3, -0.25) is 9.59 Å². The minimum absolute atomic E-state index is 0.0139. The highest BCUT2D eigenvalue weighted by Crippen LogP contribution is 2.27. The number of methoxy groups -OCH3 is 3. The van der Waals surface area contributed by atoms with Crippen molar-refractivity contribution in [2.75, 3.05) is 27.9 Å². The molecule has 8 heteroatoms. The van der Waals surface area contributed by atoms with Gasteiger partial charge in [-0.1, -0.05) is 26.0 Å². The molecule has 0 aliphatic carbocycles. The number of benzene rings is 2. The molecule has 0 fully saturated rings. The van der Waals surface area contributed by atoms with Crippen LogP contribution in [0.4, 0.5) is 0 Å². The molecular weight excluding hydrogens is 436 g/mol. The van der Waals surface area contributed by atoms with Crippen molar-refractivity contribution in [3.8, 4) is 23.0 Å². The number of nitrogens with zero attached hydrogens (tertiary/aromatic N) is 1. The van der Waals surface area contributed by atoms with Gasteiger partial charge in [0.1, 0.15) is 29.0 Å². The Hall–Kier alpha value is -3.42. The van der Waals surface area contributed by atoms with E-state index in [1.165, 1.54) is 0 Å². The average molecular weight is 473 g/mol. The van der Waals surface area contributed by atoms with E-state index in [2.05, 4.69) is 5.32 Å². The minimum atomic E-state index is -0.632. The monoisotopic (exact) mass is 472 g/mol. The number of ether oxygens (including phenoxy) is 4. The Morgan fingerprint density at radius 3 is 1.91 bits per heavy atom. The van der Waals surface area contributed by atoms with Crippen LogP contribution in [0.3, 0.4) is 0 Å². The topological polar surface area (TPSA) is 86.3 Å². The third kappa shape index (κ3) is 7.57. The molecule has 8 nitrogen and oxygen atoms in total. The van der Waals surface area contributed by atoms with E-state index in [0.717, 1.165) is 17.7 Å². The van der Waals surface area contributed by atoms with Crippen molar-refractivity contribution >= 4 is 11.8 Å². The van der Waals surface area contributed by atoms with Crippen LogP contribution in [0.15, 0.2) is 42.5 Å². The Labute approximate surface area is 202 Å². The van der Waals surface area contributed by atoms with E-state index in [-0.39, 0.29) is 31.0 Å². The first-order valence-corrected chi connectivity index (χ1v) is 11.4. The minimum Gasteiger partial charge on any atom is -0.497 e. The second kappa shape index (κ2) is 13.3. The van der Waals surface area contributed by atoms with Crippen LogP contribution >= 0.6 is 0 Å². The lowest BCUT2D eigenvalue weighted by molar-refractivity contribution is -0.143. The molecule has 0 saturated carbocycles. The Balaban J connectivity index is 2.25. The Morgan fingerprint density at radius 1 is 0.853 bits per heavy atom. The van der Waals surface area contributed by atoms with Gasteiger partial charge in [0.2, 0.25) is 5.91 Å². The number of hydrogen-bond donors (Lipinski definition) is 1. The maximum Gasteiger partial charge on any atom is 0.261 e. The van der Waals surface area contributed by atoms with E-state index in [1.54, 1.807) is 44.4 Å². The highest BCUT2D eigenvalue weighted by Gasteiger charge is 2.29. The van der Waals surface area contributed by atoms with E-state index < -0.39 is 6.04 Å². The van der Waals surface area contributed by atoms with Crippen LogP contribution in [0, 0.1) is 0 Å². The van der Waals surface area contributed by atoms with E-state index in [9.17, 15) is 9.59 Å². The van der Waals surface area contributed by atoms with Crippen molar-refractivity contribution in [2.24, 2.45) is 0 Å². The van der Waals surface area contributed by atoms with Gasteiger partial charge in [-0.2, -0.15) is 0 Å². The van der Waals surface area contributed by atoms with Crippen LogP contribution in [0.1, 0.15) is 39.2 Å². The molecule has 0 bridgehead atoms. The number of carbonyl (C=O) groups is 2. The summed E-state index contributed by atoms with van der Waals surface area (Å²) in [7, 11) is 4.69. The van der Waals surface area contributed by atoms with Crippen molar-refractivity contribution in [3.05, 3.63) is 48.0 Å². The smallest absolute Gasteiger partial charge is 0.261 e. The average Bonchev–Trinajstić information content (AvgIpc) is 2.86. The van der Waals surface area contributed by atoms with Crippen molar-refractivity contribution in [1.82, 2.24) is 10.2 Å². The second-order valence-corrected chi connectivity index (χ2v) is 7.95. The maximum atomic E-state index is 13.3. The summed E-state index contributed by atoms with van der Waals surface area (Å²) in [6, 6.07) is 11.9. The standard InChI is InChI=1S/C26H36N2O6/c1-7-18(3)27-26(30)24(8-2)28(16-19-9-11-20(31-4)12-10-19)25(29)17-34-23-14-21(32-5)13-22(15-23)33-6/h9-15,18,24H,7-8,16-17H2,1-6H3,(H,27,30)/t18-,24-/m1/s1. The molecule has 0 aliphatic rings. The lowest BCUT2D eigenvalue weighted by Gasteiger charge is -2.31. The number of nitrogens with one attached hydrogen (secondary N) is 1. The summed E-state index contributed by atoms with van der Waals surface area (Å²) in [5.74, 6) is 1.78. The molecular formula is C26H36N2O6. The van der Waals surface area contributed by atoms with Gasteiger partial charge in [0, 0.05) is 30.8 Å². The summed E-state index contributed by atoms with van der Waals surface area (Å²) in [6.07, 6.45) is 1.27. The molecule has 0 heterocycles. The van der Waals surface area contributed by atoms with E-state index in [0.29, 0.717) is 23.7 Å². The quantitative estimate of drug-likeness (QED) is 0.477. The Bertz CT molecular complexity index is 909. The van der Waals surface area contributed by atoms with Gasteiger partial charge in [-0.25, -0.2) is 0 Å². The number of carbonyl (C=O) groups excluding carboxylic acids is 2. The van der Waals surface area contributed by atoms with Gasteiger partial charge in [-0.15, -0.1) is 0 Å². The van der Waals surface area contributed by atoms with Gasteiger partial charge in [-0.05, 0) is 37.5 Å². The first kappa shape index (κ1) is 26.8. The van der Waals surface area contributed by atoms with Gasteiger partial charge < -0.3 is 29.2 Å². The van der Waals surface area contributed by atoms with Gasteiger partial charge in [0.05, 0.1) is 21.3 Å². The number of hydrogen-bond acceptors (Lipinski definition) is 6. The van der Waals surface area contributed by atoms with Crippen molar-refractivity contribution in [2.45, 2.75) is 52.2 Å². The zero-order valence-electron chi connectivity index (χ0n) is 20.9. The molecule has 1 N–H and O–H groups in total. The molecule has 2 rings (SSSR count). The molecule has 0 radical (unpaired) electrons. The van der Waals surface area contributed by atoms with Crippen LogP contribution in [0.2, 0.25) is 0 Å². The zero-order chi connectivity index (χ0) is 25.1. The summed E-state index contributed by atoms with van der Waals surface area (Å²) in [4.78, 5) is 27.9. The summed E-state index contributed by atoms with van der Waals surface area (Å²) in [6.45, 7) is 5.87. The van der Waals surface area contributed by atoms with Crippen molar-refractivity contribution < 1.29 is 28.5 Å². The van der Waals surface area contributed by atoms with E-state index in [1.807, 2.05) is 45.0 Å². The predicted molar refractivity (Wildman–Crippen MR) is 131 cm³/mol. The number of amides is 2. The maximum absolute atomic E-state index is 13.3. The summed E-state index contributed by atoms with van der Waals surface area (Å²) >= 11 is 0. The molecule has 0 spiro atoms. The van der Waals surface area contributed by atoms with Crippen LogP contribution in [-0.2, 0) is 16.1 Å². The Kier molecular flexibility index (Phi) is 10.5. The first-order valence-electron chi connectivity index (χ1n) is 11.4. The fourth-order valence-corrected chi connectivity index (χ4v) is 3.38. The van der Waals surface area contributed by atoms with Crippen LogP contribution in [0.5, 0.6) is 23.0 Å². The highest BCUT2D eigenvalue weighted by atomic mass is 16.5. The van der Waals surface area contributed by atoms with E-state index >= 15 is 0 Å². The third-order valence-electron chi connectivity index (χ3n) is 5.59. The molecule has 34 heavy (non-hydrogen) atoms. The van der Waals surface area contributed by atoms with E-state index in [4.69, 9.17) is 18.9 Å². The molecule has 0 saturated heterocycles. The fraction of sp³-hybridized carbons (Fsp3) is 0.462. The Morgan fingerprint density at radius 2 is 1.41 bits per heavy atom. The molecule has 2 amide bonds. The predicted octanol–water partition coefficient (Wildman–Crippen LogP) is 3.81. The molecule has 0 unspecified atom stereocenters. The normalized spacial score (nSPS) is 12.3. The van der Waals surface area contributed by atoms with Crippen LogP contribution in [0.25, 0.3) is 0 Å². The van der Waals surface area contributed by atoms with Gasteiger partial charge in [0.15, 0.2) is 6.61 Å². The highest BCUT2D eigenvalue weighted by molar-refractivity contribution is 5.88. The molecule has 186 valence electrons. The zero-order valence-corrected chi connectivity index (χ0v) is 20.9. The lowest BCUT2D eigenvalue weighted by atomic mass is 10.1. The number of rotatable bonds is 13. The SMILES string of the molecule is CC[C@@H](C)NC(=O)[C@@H](CC)N(Cc1ccc(OC)cc1)C(=O)COc1cc(OC)cc(OC)c1. The lowest BCUT2D eigenvalue weighted by Crippen LogP contribution is -2.51. The fourth-order valence-electron chi connectivity index (χ4n) is 3.38. The summed E-state index contributed by atoms with van der Waals surface area (Å²) in [5.41, 5.74) is 0.881. The molecule has 0 aromatic heterocycles. The van der Waals surface area contributed by atoms with Gasteiger partial charge in [0.25, 0.3) is 5.91 Å². The second-order valence-electron chi connectivity index (χ2n) is 7.95. The molecule has 2 atom stereocenters. The third-order valence-corrected chi connectivity index (χ3v) is 5.59. The summed E-state index contributed by atoms with van der Waals surface area (Å²) in [5, 5.41) is 3.00. The molecule has 0 aliphatic heterocycles. The van der Waals surface area contributed by atoms with Crippen molar-refractivity contribution in [1.29, 1.82) is 0 Å². The van der Waals surface area contributed by atoms with Gasteiger partial charge >= 0.3 is 0 Å². The van der Waals surface area contributed by atoms with Crippen LogP contribution in [-0.4, -0.2) is 56.7 Å². The van der Waals surface area contributed by atoms with Crippen molar-refractivity contribution in [3.63, 3.8) is 0 Å². The first-order chi connectivity index (χ1) is 16.3. The molecule has 2 aromatic carbocycles. The molecule has 2 aromatic rings. The largest absolute Gasteiger partial charge is 0.497 e.